The van der Waals surface area contributed by atoms with Crippen molar-refractivity contribution < 1.29 is 14.3 Å². The minimum atomic E-state index is -0.561. The molecular weight excluding hydrogens is 282 g/mol. The van der Waals surface area contributed by atoms with Gasteiger partial charge in [0.25, 0.3) is 0 Å². The molecule has 4 N–H and O–H groups in total. The molecule has 0 fully saturated rings. The van der Waals surface area contributed by atoms with Gasteiger partial charge < -0.3 is 21.1 Å². The predicted octanol–water partition coefficient (Wildman–Crippen LogP) is 0.715. The Kier molecular flexibility index (Phi) is 7.39. The standard InChI is InChI=1S/C16H25N3O3/c1-11(2)15(19-14(20)10-22-3)16(21)18-9-8-12-4-6-13(17)7-5-12/h4-7,11,15H,8-10,17H2,1-3H3,(H,18,21)(H,19,20)/t15-/m0/s1. The molecule has 6 heteroatoms. The molecule has 0 saturated heterocycles. The average Bonchev–Trinajstić information content (AvgIpc) is 2.46. The summed E-state index contributed by atoms with van der Waals surface area (Å²) in [6.45, 7) is 4.22. The Morgan fingerprint density at radius 3 is 2.41 bits per heavy atom. The highest BCUT2D eigenvalue weighted by molar-refractivity contribution is 5.88. The van der Waals surface area contributed by atoms with E-state index in [1.807, 2.05) is 38.1 Å². The maximum atomic E-state index is 12.2. The first-order valence-corrected chi connectivity index (χ1v) is 7.34. The van der Waals surface area contributed by atoms with Crippen LogP contribution >= 0.6 is 0 Å². The zero-order valence-electron chi connectivity index (χ0n) is 13.4. The molecule has 0 unspecified atom stereocenters. The number of hydrogen-bond acceptors (Lipinski definition) is 4. The lowest BCUT2D eigenvalue weighted by atomic mass is 10.0. The van der Waals surface area contributed by atoms with E-state index >= 15 is 0 Å². The van der Waals surface area contributed by atoms with E-state index in [-0.39, 0.29) is 24.3 Å². The minimum absolute atomic E-state index is 0.00247. The van der Waals surface area contributed by atoms with Crippen LogP contribution in [0.4, 0.5) is 5.69 Å². The average molecular weight is 307 g/mol. The summed E-state index contributed by atoms with van der Waals surface area (Å²) in [5, 5.41) is 5.53. The van der Waals surface area contributed by atoms with Gasteiger partial charge in [-0.2, -0.15) is 0 Å². The Bertz CT molecular complexity index is 486. The van der Waals surface area contributed by atoms with Crippen LogP contribution in [-0.2, 0) is 20.7 Å². The van der Waals surface area contributed by atoms with Gasteiger partial charge in [-0.05, 0) is 30.0 Å². The van der Waals surface area contributed by atoms with Gasteiger partial charge in [-0.25, -0.2) is 0 Å². The van der Waals surface area contributed by atoms with E-state index in [0.29, 0.717) is 18.7 Å². The number of amides is 2. The number of ether oxygens (including phenoxy) is 1. The number of rotatable bonds is 8. The summed E-state index contributed by atoms with van der Waals surface area (Å²) < 4.78 is 4.76. The fourth-order valence-electron chi connectivity index (χ4n) is 2.01. The molecule has 0 aromatic heterocycles. The molecular formula is C16H25N3O3. The number of benzene rings is 1. The van der Waals surface area contributed by atoms with Crippen LogP contribution in [0.3, 0.4) is 0 Å². The molecule has 1 aromatic rings. The fourth-order valence-corrected chi connectivity index (χ4v) is 2.01. The number of nitrogens with one attached hydrogen (secondary N) is 2. The molecule has 1 aromatic carbocycles. The Balaban J connectivity index is 2.46. The van der Waals surface area contributed by atoms with Crippen molar-refractivity contribution in [2.24, 2.45) is 5.92 Å². The lowest BCUT2D eigenvalue weighted by Crippen LogP contribution is -2.50. The molecule has 0 radical (unpaired) electrons. The largest absolute Gasteiger partial charge is 0.399 e. The van der Waals surface area contributed by atoms with Crippen molar-refractivity contribution >= 4 is 17.5 Å². The van der Waals surface area contributed by atoms with E-state index in [0.717, 1.165) is 5.56 Å². The summed E-state index contributed by atoms with van der Waals surface area (Å²) >= 11 is 0. The first-order chi connectivity index (χ1) is 10.4. The summed E-state index contributed by atoms with van der Waals surface area (Å²) in [6.07, 6.45) is 0.711. The Hall–Kier alpha value is -2.08. The quantitative estimate of drug-likeness (QED) is 0.617. The van der Waals surface area contributed by atoms with Crippen molar-refractivity contribution in [2.45, 2.75) is 26.3 Å². The summed E-state index contributed by atoms with van der Waals surface area (Å²) in [5.41, 5.74) is 7.44. The molecule has 22 heavy (non-hydrogen) atoms. The van der Waals surface area contributed by atoms with E-state index < -0.39 is 6.04 Å². The molecule has 0 aliphatic heterocycles. The van der Waals surface area contributed by atoms with Gasteiger partial charge in [-0.3, -0.25) is 9.59 Å². The molecule has 2 amide bonds. The normalized spacial score (nSPS) is 12.0. The molecule has 1 rings (SSSR count). The van der Waals surface area contributed by atoms with Gasteiger partial charge in [0.1, 0.15) is 12.6 Å². The molecule has 1 atom stereocenters. The summed E-state index contributed by atoms with van der Waals surface area (Å²) in [5.74, 6) is -0.484. The highest BCUT2D eigenvalue weighted by atomic mass is 16.5. The van der Waals surface area contributed by atoms with Gasteiger partial charge in [0.2, 0.25) is 11.8 Å². The van der Waals surface area contributed by atoms with Gasteiger partial charge in [0.15, 0.2) is 0 Å². The number of carbonyl (C=O) groups is 2. The monoisotopic (exact) mass is 307 g/mol. The third-order valence-electron chi connectivity index (χ3n) is 3.23. The van der Waals surface area contributed by atoms with E-state index in [4.69, 9.17) is 10.5 Å². The van der Waals surface area contributed by atoms with Crippen LogP contribution in [0.5, 0.6) is 0 Å². The second-order valence-electron chi connectivity index (χ2n) is 5.50. The molecule has 0 aliphatic rings. The number of methoxy groups -OCH3 is 1. The van der Waals surface area contributed by atoms with Crippen LogP contribution in [0.2, 0.25) is 0 Å². The highest BCUT2D eigenvalue weighted by Gasteiger charge is 2.23. The number of nitrogen functional groups attached to an aromatic ring is 1. The molecule has 122 valence electrons. The number of anilines is 1. The fraction of sp³-hybridized carbons (Fsp3) is 0.500. The number of hydrogen-bond donors (Lipinski definition) is 3. The van der Waals surface area contributed by atoms with Crippen molar-refractivity contribution in [2.75, 3.05) is 26.0 Å². The van der Waals surface area contributed by atoms with Gasteiger partial charge in [-0.15, -0.1) is 0 Å². The van der Waals surface area contributed by atoms with E-state index in [2.05, 4.69) is 10.6 Å². The van der Waals surface area contributed by atoms with Crippen molar-refractivity contribution in [1.29, 1.82) is 0 Å². The molecule has 0 saturated carbocycles. The van der Waals surface area contributed by atoms with Crippen molar-refractivity contribution in [1.82, 2.24) is 10.6 Å². The first-order valence-electron chi connectivity index (χ1n) is 7.34. The summed E-state index contributed by atoms with van der Waals surface area (Å²) in [6, 6.07) is 6.97. The lowest BCUT2D eigenvalue weighted by molar-refractivity contribution is -0.131. The zero-order valence-corrected chi connectivity index (χ0v) is 13.4. The SMILES string of the molecule is COCC(=O)N[C@H](C(=O)NCCc1ccc(N)cc1)C(C)C. The predicted molar refractivity (Wildman–Crippen MR) is 86.2 cm³/mol. The van der Waals surface area contributed by atoms with Crippen LogP contribution < -0.4 is 16.4 Å². The Labute approximate surface area is 131 Å². The molecule has 0 spiro atoms. The van der Waals surface area contributed by atoms with Crippen molar-refractivity contribution in [3.8, 4) is 0 Å². The summed E-state index contributed by atoms with van der Waals surface area (Å²) in [4.78, 5) is 23.7. The van der Waals surface area contributed by atoms with E-state index in [1.165, 1.54) is 7.11 Å². The van der Waals surface area contributed by atoms with Crippen LogP contribution in [0.25, 0.3) is 0 Å². The molecule has 0 bridgehead atoms. The van der Waals surface area contributed by atoms with Gasteiger partial charge in [0, 0.05) is 19.3 Å². The Morgan fingerprint density at radius 2 is 1.86 bits per heavy atom. The van der Waals surface area contributed by atoms with Crippen LogP contribution in [0.15, 0.2) is 24.3 Å². The summed E-state index contributed by atoms with van der Waals surface area (Å²) in [7, 11) is 1.44. The van der Waals surface area contributed by atoms with Crippen LogP contribution in [0.1, 0.15) is 19.4 Å². The minimum Gasteiger partial charge on any atom is -0.399 e. The Morgan fingerprint density at radius 1 is 1.23 bits per heavy atom. The molecule has 0 heterocycles. The lowest BCUT2D eigenvalue weighted by Gasteiger charge is -2.21. The first kappa shape index (κ1) is 18.0. The third kappa shape index (κ3) is 6.13. The number of carbonyl (C=O) groups excluding carboxylic acids is 2. The zero-order chi connectivity index (χ0) is 16.5. The highest BCUT2D eigenvalue weighted by Crippen LogP contribution is 2.06. The van der Waals surface area contributed by atoms with Crippen LogP contribution in [-0.4, -0.2) is 38.1 Å². The van der Waals surface area contributed by atoms with Gasteiger partial charge in [0.05, 0.1) is 0 Å². The number of nitrogens with two attached hydrogens (primary N) is 1. The van der Waals surface area contributed by atoms with Crippen molar-refractivity contribution in [3.05, 3.63) is 29.8 Å². The van der Waals surface area contributed by atoms with Gasteiger partial charge in [-0.1, -0.05) is 26.0 Å². The van der Waals surface area contributed by atoms with Gasteiger partial charge >= 0.3 is 0 Å². The van der Waals surface area contributed by atoms with Crippen LogP contribution in [0, 0.1) is 5.92 Å². The second kappa shape index (κ2) is 9.04. The van der Waals surface area contributed by atoms with E-state index in [9.17, 15) is 9.59 Å². The molecule has 6 nitrogen and oxygen atoms in total. The molecule has 0 aliphatic carbocycles. The van der Waals surface area contributed by atoms with E-state index in [1.54, 1.807) is 0 Å². The topological polar surface area (TPSA) is 93.4 Å². The third-order valence-corrected chi connectivity index (χ3v) is 3.23. The second-order valence-corrected chi connectivity index (χ2v) is 5.50. The maximum Gasteiger partial charge on any atom is 0.246 e. The smallest absolute Gasteiger partial charge is 0.246 e. The maximum absolute atomic E-state index is 12.2. The van der Waals surface area contributed by atoms with Crippen molar-refractivity contribution in [3.63, 3.8) is 0 Å².